The van der Waals surface area contributed by atoms with Crippen molar-refractivity contribution in [3.05, 3.63) is 75.9 Å². The van der Waals surface area contributed by atoms with Crippen molar-refractivity contribution in [3.63, 3.8) is 0 Å². The summed E-state index contributed by atoms with van der Waals surface area (Å²) in [6, 6.07) is 10.8. The van der Waals surface area contributed by atoms with Gasteiger partial charge >= 0.3 is 0 Å². The number of ether oxygens (including phenoxy) is 1. The SMILES string of the molecule is CCc1ncnc(N(CCc2ccc(OCC(F)F)cc2)Cc2ccc(Cl)nc2)c1Cl. The molecule has 9 heteroatoms. The lowest BCUT2D eigenvalue weighted by Crippen LogP contribution is -2.27. The molecule has 1 aromatic carbocycles. The number of alkyl halides is 2. The lowest BCUT2D eigenvalue weighted by Gasteiger charge is -2.25. The predicted octanol–water partition coefficient (Wildman–Crippen LogP) is 5.63. The third-order valence-corrected chi connectivity index (χ3v) is 5.22. The summed E-state index contributed by atoms with van der Waals surface area (Å²) in [5, 5.41) is 0.959. The number of nitrogens with zero attached hydrogens (tertiary/aromatic N) is 4. The van der Waals surface area contributed by atoms with Crippen LogP contribution in [0.3, 0.4) is 0 Å². The summed E-state index contributed by atoms with van der Waals surface area (Å²) in [5.41, 5.74) is 2.78. The first-order chi connectivity index (χ1) is 15.0. The van der Waals surface area contributed by atoms with E-state index >= 15 is 0 Å². The molecule has 31 heavy (non-hydrogen) atoms. The zero-order chi connectivity index (χ0) is 22.2. The molecule has 0 radical (unpaired) electrons. The second-order valence-electron chi connectivity index (χ2n) is 6.82. The van der Waals surface area contributed by atoms with Gasteiger partial charge in [-0.05, 0) is 42.2 Å². The first-order valence-corrected chi connectivity index (χ1v) is 10.6. The number of benzene rings is 1. The van der Waals surface area contributed by atoms with Crippen molar-refractivity contribution in [2.45, 2.75) is 32.7 Å². The third-order valence-electron chi connectivity index (χ3n) is 4.61. The van der Waals surface area contributed by atoms with E-state index in [1.165, 1.54) is 6.33 Å². The minimum absolute atomic E-state index is 0.416. The van der Waals surface area contributed by atoms with Crippen molar-refractivity contribution >= 4 is 29.0 Å². The summed E-state index contributed by atoms with van der Waals surface area (Å²) in [6.45, 7) is 2.54. The Kier molecular flexibility index (Phi) is 8.37. The van der Waals surface area contributed by atoms with Crippen molar-refractivity contribution in [2.24, 2.45) is 0 Å². The third kappa shape index (κ3) is 6.74. The number of aromatic nitrogens is 3. The minimum Gasteiger partial charge on any atom is -0.488 e. The Morgan fingerprint density at radius 2 is 1.74 bits per heavy atom. The van der Waals surface area contributed by atoms with Crippen molar-refractivity contribution < 1.29 is 13.5 Å². The lowest BCUT2D eigenvalue weighted by molar-refractivity contribution is 0.0819. The number of anilines is 1. The molecule has 164 valence electrons. The van der Waals surface area contributed by atoms with Gasteiger partial charge in [-0.25, -0.2) is 23.7 Å². The Hall–Kier alpha value is -2.51. The Morgan fingerprint density at radius 3 is 2.39 bits per heavy atom. The molecule has 2 aromatic heterocycles. The van der Waals surface area contributed by atoms with Crippen LogP contribution in [0.25, 0.3) is 0 Å². The maximum Gasteiger partial charge on any atom is 0.272 e. The van der Waals surface area contributed by atoms with Gasteiger partial charge in [0, 0.05) is 19.3 Å². The molecular weight excluding hydrogens is 445 g/mol. The molecule has 0 fully saturated rings. The van der Waals surface area contributed by atoms with Crippen molar-refractivity contribution in [2.75, 3.05) is 18.1 Å². The maximum atomic E-state index is 12.3. The molecule has 0 bridgehead atoms. The van der Waals surface area contributed by atoms with Crippen LogP contribution < -0.4 is 9.64 Å². The first kappa shape index (κ1) is 23.2. The lowest BCUT2D eigenvalue weighted by atomic mass is 10.1. The van der Waals surface area contributed by atoms with E-state index in [0.717, 1.165) is 16.8 Å². The fraction of sp³-hybridized carbons (Fsp3) is 0.318. The normalized spacial score (nSPS) is 11.0. The highest BCUT2D eigenvalue weighted by atomic mass is 35.5. The standard InChI is InChI=1S/C22H22Cl2F2N4O/c1-2-18-21(24)22(29-14-28-18)30(12-16-5-8-19(23)27-11-16)10-9-15-3-6-17(7-4-15)31-13-20(25)26/h3-8,11,14,20H,2,9-10,12-13H2,1H3. The summed E-state index contributed by atoms with van der Waals surface area (Å²) in [5.74, 6) is 1.07. The highest BCUT2D eigenvalue weighted by Crippen LogP contribution is 2.27. The Labute approximate surface area is 190 Å². The summed E-state index contributed by atoms with van der Waals surface area (Å²) >= 11 is 12.5. The highest BCUT2D eigenvalue weighted by Gasteiger charge is 2.16. The van der Waals surface area contributed by atoms with Gasteiger partial charge < -0.3 is 9.64 Å². The Bertz CT molecular complexity index is 972. The van der Waals surface area contributed by atoms with Gasteiger partial charge in [-0.15, -0.1) is 0 Å². The van der Waals surface area contributed by atoms with Crippen LogP contribution in [0.5, 0.6) is 5.75 Å². The molecule has 0 unspecified atom stereocenters. The van der Waals surface area contributed by atoms with Crippen LogP contribution in [0.2, 0.25) is 10.2 Å². The largest absolute Gasteiger partial charge is 0.488 e. The fourth-order valence-electron chi connectivity index (χ4n) is 3.02. The topological polar surface area (TPSA) is 51.1 Å². The molecule has 0 spiro atoms. The molecule has 3 rings (SSSR count). The smallest absolute Gasteiger partial charge is 0.272 e. The number of rotatable bonds is 10. The minimum atomic E-state index is -2.50. The second kappa shape index (κ2) is 11.2. The predicted molar refractivity (Wildman–Crippen MR) is 118 cm³/mol. The van der Waals surface area contributed by atoms with E-state index in [-0.39, 0.29) is 0 Å². The fourth-order valence-corrected chi connectivity index (χ4v) is 3.48. The zero-order valence-corrected chi connectivity index (χ0v) is 18.5. The number of hydrogen-bond acceptors (Lipinski definition) is 5. The molecule has 0 saturated carbocycles. The van der Waals surface area contributed by atoms with Gasteiger partial charge in [0.05, 0.1) is 5.69 Å². The zero-order valence-electron chi connectivity index (χ0n) is 16.9. The van der Waals surface area contributed by atoms with Gasteiger partial charge in [0.15, 0.2) is 5.82 Å². The first-order valence-electron chi connectivity index (χ1n) is 9.81. The number of aryl methyl sites for hydroxylation is 1. The monoisotopic (exact) mass is 466 g/mol. The van der Waals surface area contributed by atoms with Gasteiger partial charge in [-0.2, -0.15) is 0 Å². The summed E-state index contributed by atoms with van der Waals surface area (Å²) in [6.07, 6.45) is 2.13. The van der Waals surface area contributed by atoms with Gasteiger partial charge in [0.2, 0.25) is 0 Å². The van der Waals surface area contributed by atoms with E-state index in [9.17, 15) is 8.78 Å². The van der Waals surface area contributed by atoms with E-state index in [2.05, 4.69) is 19.9 Å². The second-order valence-corrected chi connectivity index (χ2v) is 7.58. The summed E-state index contributed by atoms with van der Waals surface area (Å²) < 4.78 is 29.6. The molecule has 0 aliphatic rings. The molecule has 0 saturated heterocycles. The number of halogens is 4. The van der Waals surface area contributed by atoms with E-state index in [1.807, 2.05) is 25.1 Å². The van der Waals surface area contributed by atoms with Gasteiger partial charge in [0.1, 0.15) is 28.9 Å². The van der Waals surface area contributed by atoms with Crippen molar-refractivity contribution in [3.8, 4) is 5.75 Å². The maximum absolute atomic E-state index is 12.3. The quantitative estimate of drug-likeness (QED) is 0.362. The van der Waals surface area contributed by atoms with E-state index < -0.39 is 13.0 Å². The van der Waals surface area contributed by atoms with Crippen LogP contribution in [0, 0.1) is 0 Å². The molecule has 0 amide bonds. The highest BCUT2D eigenvalue weighted by molar-refractivity contribution is 6.33. The Balaban J connectivity index is 1.76. The van der Waals surface area contributed by atoms with Crippen molar-refractivity contribution in [1.29, 1.82) is 0 Å². The molecule has 0 atom stereocenters. The Morgan fingerprint density at radius 1 is 1.00 bits per heavy atom. The summed E-state index contributed by atoms with van der Waals surface area (Å²) in [7, 11) is 0. The average Bonchev–Trinajstić information content (AvgIpc) is 2.77. The van der Waals surface area contributed by atoms with Crippen LogP contribution in [0.15, 0.2) is 48.9 Å². The number of hydrogen-bond donors (Lipinski definition) is 0. The van der Waals surface area contributed by atoms with E-state index in [1.54, 1.807) is 24.4 Å². The van der Waals surface area contributed by atoms with Crippen LogP contribution in [-0.4, -0.2) is 34.5 Å². The van der Waals surface area contributed by atoms with Crippen LogP contribution in [-0.2, 0) is 19.4 Å². The molecule has 0 aliphatic heterocycles. The van der Waals surface area contributed by atoms with E-state index in [0.29, 0.717) is 47.7 Å². The van der Waals surface area contributed by atoms with Crippen LogP contribution >= 0.6 is 23.2 Å². The van der Waals surface area contributed by atoms with Gasteiger partial charge in [-0.1, -0.05) is 48.3 Å². The molecular formula is C22H22Cl2F2N4O. The van der Waals surface area contributed by atoms with Crippen LogP contribution in [0.4, 0.5) is 14.6 Å². The molecule has 2 heterocycles. The summed E-state index contributed by atoms with van der Waals surface area (Å²) in [4.78, 5) is 14.9. The van der Waals surface area contributed by atoms with Gasteiger partial charge in [0.25, 0.3) is 6.43 Å². The van der Waals surface area contributed by atoms with E-state index in [4.69, 9.17) is 27.9 Å². The molecule has 3 aromatic rings. The number of pyridine rings is 1. The van der Waals surface area contributed by atoms with Crippen molar-refractivity contribution in [1.82, 2.24) is 15.0 Å². The molecule has 0 aliphatic carbocycles. The van der Waals surface area contributed by atoms with Gasteiger partial charge in [-0.3, -0.25) is 0 Å². The average molecular weight is 467 g/mol. The molecule has 0 N–H and O–H groups in total. The van der Waals surface area contributed by atoms with Crippen LogP contribution in [0.1, 0.15) is 23.7 Å². The molecule has 5 nitrogen and oxygen atoms in total.